The second-order valence-corrected chi connectivity index (χ2v) is 6.37. The topological polar surface area (TPSA) is 84.1 Å². The van der Waals surface area contributed by atoms with Crippen molar-refractivity contribution in [2.45, 2.75) is 20.0 Å². The van der Waals surface area contributed by atoms with Crippen molar-refractivity contribution >= 4 is 28.9 Å². The number of carbonyl (C=O) groups excluding carboxylic acids is 2. The number of nitrogens with zero attached hydrogens (tertiary/aromatic N) is 2. The molecule has 0 aliphatic carbocycles. The van der Waals surface area contributed by atoms with Crippen molar-refractivity contribution in [3.63, 3.8) is 0 Å². The number of hydrogen-bond donors (Lipinski definition) is 1. The molecule has 1 heterocycles. The Labute approximate surface area is 169 Å². The number of rotatable bonds is 7. The number of hydrogen-bond acceptors (Lipinski definition) is 4. The van der Waals surface area contributed by atoms with Gasteiger partial charge in [-0.05, 0) is 24.6 Å². The molecule has 1 amide bonds. The van der Waals surface area contributed by atoms with Crippen LogP contribution in [0.4, 0.5) is 0 Å². The molecule has 0 atom stereocenters. The van der Waals surface area contributed by atoms with Crippen molar-refractivity contribution in [2.24, 2.45) is 0 Å². The van der Waals surface area contributed by atoms with Crippen LogP contribution in [0, 0.1) is 11.3 Å². The van der Waals surface area contributed by atoms with E-state index in [9.17, 15) is 14.9 Å². The number of carbonyl (C=O) groups is 2. The van der Waals surface area contributed by atoms with Crippen molar-refractivity contribution in [1.29, 1.82) is 5.26 Å². The van der Waals surface area contributed by atoms with Gasteiger partial charge in [0.1, 0.15) is 18.2 Å². The van der Waals surface area contributed by atoms with Crippen LogP contribution in [0.1, 0.15) is 18.1 Å². The molecule has 1 N–H and O–H groups in total. The van der Waals surface area contributed by atoms with Crippen LogP contribution in [-0.2, 0) is 27.4 Å². The Morgan fingerprint density at radius 3 is 2.59 bits per heavy atom. The largest absolute Gasteiger partial charge is 0.465 e. The summed E-state index contributed by atoms with van der Waals surface area (Å²) in [6, 6.07) is 19.0. The Morgan fingerprint density at radius 1 is 1.14 bits per heavy atom. The molecule has 0 unspecified atom stereocenters. The fourth-order valence-corrected chi connectivity index (χ4v) is 3.04. The number of ether oxygens (including phenoxy) is 1. The first-order valence-corrected chi connectivity index (χ1v) is 9.29. The van der Waals surface area contributed by atoms with E-state index in [0.717, 1.165) is 16.5 Å². The van der Waals surface area contributed by atoms with E-state index in [1.165, 1.54) is 0 Å². The van der Waals surface area contributed by atoms with Crippen LogP contribution in [0.25, 0.3) is 17.0 Å². The van der Waals surface area contributed by atoms with Gasteiger partial charge >= 0.3 is 5.97 Å². The number of fused-ring (bicyclic) bond motifs is 1. The molecule has 3 rings (SSSR count). The Balaban J connectivity index is 1.86. The summed E-state index contributed by atoms with van der Waals surface area (Å²) in [6.45, 7) is 2.46. The second-order valence-electron chi connectivity index (χ2n) is 6.37. The first-order chi connectivity index (χ1) is 14.1. The van der Waals surface area contributed by atoms with Crippen molar-refractivity contribution in [3.05, 3.63) is 77.5 Å². The average Bonchev–Trinajstić information content (AvgIpc) is 3.08. The summed E-state index contributed by atoms with van der Waals surface area (Å²) >= 11 is 0. The molecule has 3 aromatic rings. The van der Waals surface area contributed by atoms with Crippen LogP contribution in [0.3, 0.4) is 0 Å². The minimum atomic E-state index is -0.446. The first kappa shape index (κ1) is 19.9. The predicted molar refractivity (Wildman–Crippen MR) is 110 cm³/mol. The molecule has 1 aromatic heterocycles. The van der Waals surface area contributed by atoms with Gasteiger partial charge in [0, 0.05) is 29.2 Å². The van der Waals surface area contributed by atoms with Crippen LogP contribution < -0.4 is 5.32 Å². The van der Waals surface area contributed by atoms with Crippen molar-refractivity contribution in [1.82, 2.24) is 9.88 Å². The SMILES string of the molecule is CCOC(=O)Cn1cc(C=C(C#N)C(=O)NCc2ccccc2)c2ccccc21. The summed E-state index contributed by atoms with van der Waals surface area (Å²) in [7, 11) is 0. The normalized spacial score (nSPS) is 11.1. The predicted octanol–water partition coefficient (Wildman–Crippen LogP) is 3.43. The fraction of sp³-hybridized carbons (Fsp3) is 0.174. The molecule has 146 valence electrons. The van der Waals surface area contributed by atoms with Crippen molar-refractivity contribution in [2.75, 3.05) is 6.61 Å². The third-order valence-electron chi connectivity index (χ3n) is 4.38. The molecule has 0 radical (unpaired) electrons. The van der Waals surface area contributed by atoms with Gasteiger partial charge in [0.25, 0.3) is 5.91 Å². The van der Waals surface area contributed by atoms with Crippen LogP contribution in [0.2, 0.25) is 0 Å². The minimum Gasteiger partial charge on any atom is -0.465 e. The van der Waals surface area contributed by atoms with Gasteiger partial charge in [0.2, 0.25) is 0 Å². The number of benzene rings is 2. The highest BCUT2D eigenvalue weighted by molar-refractivity contribution is 6.04. The van der Waals surface area contributed by atoms with Gasteiger partial charge in [0.05, 0.1) is 6.61 Å². The Hall–Kier alpha value is -3.85. The summed E-state index contributed by atoms with van der Waals surface area (Å²) in [6.07, 6.45) is 3.30. The van der Waals surface area contributed by atoms with Crippen molar-refractivity contribution in [3.8, 4) is 6.07 Å². The molecule has 0 fully saturated rings. The Bertz CT molecular complexity index is 1090. The molecular weight excluding hydrogens is 366 g/mol. The highest BCUT2D eigenvalue weighted by Crippen LogP contribution is 2.23. The maximum absolute atomic E-state index is 12.5. The number of amides is 1. The number of aromatic nitrogens is 1. The van der Waals surface area contributed by atoms with Gasteiger partial charge in [-0.2, -0.15) is 5.26 Å². The van der Waals surface area contributed by atoms with E-state index in [-0.39, 0.29) is 18.1 Å². The molecular formula is C23H21N3O3. The minimum absolute atomic E-state index is 0.0000288. The summed E-state index contributed by atoms with van der Waals surface area (Å²) in [5, 5.41) is 13.1. The van der Waals surface area contributed by atoms with Gasteiger partial charge in [0.15, 0.2) is 0 Å². The Kier molecular flexibility index (Phi) is 6.43. The monoisotopic (exact) mass is 387 g/mol. The maximum Gasteiger partial charge on any atom is 0.325 e. The third kappa shape index (κ3) is 4.90. The van der Waals surface area contributed by atoms with Gasteiger partial charge < -0.3 is 14.6 Å². The van der Waals surface area contributed by atoms with E-state index in [0.29, 0.717) is 18.7 Å². The van der Waals surface area contributed by atoms with E-state index in [1.807, 2.05) is 60.7 Å². The lowest BCUT2D eigenvalue weighted by atomic mass is 10.1. The number of para-hydroxylation sites is 1. The molecule has 6 heteroatoms. The van der Waals surface area contributed by atoms with Crippen LogP contribution >= 0.6 is 0 Å². The molecule has 0 saturated heterocycles. The van der Waals surface area contributed by atoms with E-state index < -0.39 is 5.91 Å². The first-order valence-electron chi connectivity index (χ1n) is 9.29. The lowest BCUT2D eigenvalue weighted by molar-refractivity contribution is -0.143. The number of esters is 1. The van der Waals surface area contributed by atoms with Gasteiger partial charge in [-0.15, -0.1) is 0 Å². The van der Waals surface area contributed by atoms with Crippen LogP contribution in [-0.4, -0.2) is 23.1 Å². The zero-order chi connectivity index (χ0) is 20.6. The van der Waals surface area contributed by atoms with Crippen molar-refractivity contribution < 1.29 is 14.3 Å². The quantitative estimate of drug-likeness (QED) is 0.382. The molecule has 6 nitrogen and oxygen atoms in total. The summed E-state index contributed by atoms with van der Waals surface area (Å²) < 4.78 is 6.79. The fourth-order valence-electron chi connectivity index (χ4n) is 3.04. The lowest BCUT2D eigenvalue weighted by Gasteiger charge is -2.04. The number of nitriles is 1. The zero-order valence-electron chi connectivity index (χ0n) is 16.1. The van der Waals surface area contributed by atoms with Gasteiger partial charge in [-0.1, -0.05) is 48.5 Å². The molecule has 0 aliphatic heterocycles. The summed E-state index contributed by atoms with van der Waals surface area (Å²) in [4.78, 5) is 24.4. The summed E-state index contributed by atoms with van der Waals surface area (Å²) in [5.41, 5.74) is 2.47. The molecule has 0 bridgehead atoms. The average molecular weight is 387 g/mol. The second kappa shape index (κ2) is 9.38. The van der Waals surface area contributed by atoms with Gasteiger partial charge in [-0.3, -0.25) is 9.59 Å². The standard InChI is InChI=1S/C23H21N3O3/c1-2-29-22(27)16-26-15-19(20-10-6-7-11-21(20)26)12-18(13-24)23(28)25-14-17-8-4-3-5-9-17/h3-12,15H,2,14,16H2,1H3,(H,25,28). The zero-order valence-corrected chi connectivity index (χ0v) is 16.1. The van der Waals surface area contributed by atoms with E-state index in [2.05, 4.69) is 5.32 Å². The van der Waals surface area contributed by atoms with Gasteiger partial charge in [-0.25, -0.2) is 0 Å². The maximum atomic E-state index is 12.5. The highest BCUT2D eigenvalue weighted by atomic mass is 16.5. The van der Waals surface area contributed by atoms with Crippen LogP contribution in [0.15, 0.2) is 66.4 Å². The molecule has 0 spiro atoms. The molecule has 0 aliphatic rings. The Morgan fingerprint density at radius 2 is 1.86 bits per heavy atom. The molecule has 2 aromatic carbocycles. The summed E-state index contributed by atoms with van der Waals surface area (Å²) in [5.74, 6) is -0.788. The number of nitrogens with one attached hydrogen (secondary N) is 1. The van der Waals surface area contributed by atoms with E-state index in [4.69, 9.17) is 4.74 Å². The highest BCUT2D eigenvalue weighted by Gasteiger charge is 2.14. The molecule has 29 heavy (non-hydrogen) atoms. The van der Waals surface area contributed by atoms with E-state index >= 15 is 0 Å². The molecule has 0 saturated carbocycles. The van der Waals surface area contributed by atoms with E-state index in [1.54, 1.807) is 23.8 Å². The smallest absolute Gasteiger partial charge is 0.325 e. The third-order valence-corrected chi connectivity index (χ3v) is 4.38. The van der Waals surface area contributed by atoms with Crippen LogP contribution in [0.5, 0.6) is 0 Å². The lowest BCUT2D eigenvalue weighted by Crippen LogP contribution is -2.23.